The van der Waals surface area contributed by atoms with Crippen LogP contribution in [0.4, 0.5) is 0 Å². The van der Waals surface area contributed by atoms with Crippen molar-refractivity contribution in [2.45, 2.75) is 53.1 Å². The molecule has 0 saturated carbocycles. The first-order valence-electron chi connectivity index (χ1n) is 4.63. The van der Waals surface area contributed by atoms with Crippen LogP contribution in [0.1, 0.15) is 47.0 Å². The normalized spacial score (nSPS) is 11.2. The van der Waals surface area contributed by atoms with Gasteiger partial charge in [0.05, 0.1) is 0 Å². The van der Waals surface area contributed by atoms with Crippen molar-refractivity contribution < 1.29 is 14.7 Å². The van der Waals surface area contributed by atoms with Gasteiger partial charge in [-0.05, 0) is 26.7 Å². The highest BCUT2D eigenvalue weighted by Gasteiger charge is 2.03. The second-order valence-corrected chi connectivity index (χ2v) is 2.99. The summed E-state index contributed by atoms with van der Waals surface area (Å²) in [5, 5.41) is 8.59. The molecule has 0 aromatic heterocycles. The van der Waals surface area contributed by atoms with E-state index in [1.165, 1.54) is 6.92 Å². The highest BCUT2D eigenvalue weighted by molar-refractivity contribution is 5.79. The van der Waals surface area contributed by atoms with Crippen molar-refractivity contribution in [1.82, 2.24) is 0 Å². The third kappa shape index (κ3) is 14.2. The Morgan fingerprint density at radius 1 is 1.23 bits per heavy atom. The number of Topliss-reactive ketones (excluding diaryl/α,β-unsaturated/α-hetero) is 2. The number of aliphatic hydroxyl groups excluding tert-OH is 1. The minimum absolute atomic E-state index is 0.150. The fourth-order valence-corrected chi connectivity index (χ4v) is 0.640. The zero-order valence-corrected chi connectivity index (χ0v) is 8.96. The second kappa shape index (κ2) is 9.39. The van der Waals surface area contributed by atoms with Crippen molar-refractivity contribution in [2.24, 2.45) is 0 Å². The maximum Gasteiger partial charge on any atom is 0.158 e. The largest absolute Gasteiger partial charge is 0.385 e. The number of ketones is 2. The Morgan fingerprint density at radius 3 is 1.69 bits per heavy atom. The maximum absolute atomic E-state index is 10.1. The molecule has 0 aliphatic rings. The Balaban J connectivity index is 0. The summed E-state index contributed by atoms with van der Waals surface area (Å²) < 4.78 is 0. The van der Waals surface area contributed by atoms with Crippen molar-refractivity contribution in [3.8, 4) is 0 Å². The molecule has 0 rings (SSSR count). The number of aliphatic hydroxyl groups is 1. The van der Waals surface area contributed by atoms with Crippen molar-refractivity contribution in [3.05, 3.63) is 0 Å². The lowest BCUT2D eigenvalue weighted by atomic mass is 10.2. The molecule has 1 unspecified atom stereocenters. The van der Waals surface area contributed by atoms with Crippen LogP contribution in [0.3, 0.4) is 0 Å². The first kappa shape index (κ1) is 14.8. The van der Waals surface area contributed by atoms with Crippen LogP contribution in [-0.2, 0) is 9.59 Å². The molecular weight excluding hydrogens is 168 g/mol. The lowest BCUT2D eigenvalue weighted by molar-refractivity contribution is -0.125. The fraction of sp³-hybridized carbons (Fsp3) is 0.800. The van der Waals surface area contributed by atoms with Crippen LogP contribution in [0.15, 0.2) is 0 Å². The van der Waals surface area contributed by atoms with Gasteiger partial charge in [-0.15, -0.1) is 0 Å². The van der Waals surface area contributed by atoms with E-state index in [1.54, 1.807) is 13.8 Å². The van der Waals surface area contributed by atoms with Gasteiger partial charge in [-0.25, -0.2) is 0 Å². The summed E-state index contributed by atoms with van der Waals surface area (Å²) in [6.45, 7) is 6.77. The van der Waals surface area contributed by atoms with Crippen LogP contribution in [0.5, 0.6) is 0 Å². The quantitative estimate of drug-likeness (QED) is 0.730. The summed E-state index contributed by atoms with van der Waals surface area (Å²) in [5.74, 6) is 0.139. The van der Waals surface area contributed by atoms with Crippen molar-refractivity contribution in [1.29, 1.82) is 0 Å². The minimum Gasteiger partial charge on any atom is -0.385 e. The molecule has 0 aliphatic carbocycles. The van der Waals surface area contributed by atoms with E-state index in [2.05, 4.69) is 0 Å². The molecule has 0 aromatic carbocycles. The molecule has 1 N–H and O–H groups in total. The van der Waals surface area contributed by atoms with Gasteiger partial charge < -0.3 is 9.90 Å². The summed E-state index contributed by atoms with van der Waals surface area (Å²) in [4.78, 5) is 20.2. The molecule has 78 valence electrons. The van der Waals surface area contributed by atoms with Gasteiger partial charge in [-0.1, -0.05) is 13.8 Å². The molecule has 13 heavy (non-hydrogen) atoms. The molecule has 3 heteroatoms. The van der Waals surface area contributed by atoms with Crippen molar-refractivity contribution in [3.63, 3.8) is 0 Å². The van der Waals surface area contributed by atoms with Gasteiger partial charge in [-0.3, -0.25) is 4.79 Å². The van der Waals surface area contributed by atoms with Gasteiger partial charge in [0.15, 0.2) is 5.78 Å². The molecule has 0 fully saturated rings. The van der Waals surface area contributed by atoms with E-state index in [9.17, 15) is 9.59 Å². The minimum atomic E-state index is -0.736. The molecule has 3 nitrogen and oxygen atoms in total. The van der Waals surface area contributed by atoms with Crippen LogP contribution in [0.2, 0.25) is 0 Å². The maximum atomic E-state index is 10.1. The smallest absolute Gasteiger partial charge is 0.158 e. The fourth-order valence-electron chi connectivity index (χ4n) is 0.640. The van der Waals surface area contributed by atoms with E-state index >= 15 is 0 Å². The average Bonchev–Trinajstić information content (AvgIpc) is 2.03. The average molecular weight is 188 g/mol. The highest BCUT2D eigenvalue weighted by atomic mass is 16.3. The van der Waals surface area contributed by atoms with Gasteiger partial charge in [0.1, 0.15) is 11.9 Å². The zero-order chi connectivity index (χ0) is 10.9. The first-order chi connectivity index (χ1) is 5.95. The van der Waals surface area contributed by atoms with E-state index in [-0.39, 0.29) is 11.6 Å². The van der Waals surface area contributed by atoms with E-state index in [0.717, 1.165) is 12.8 Å². The topological polar surface area (TPSA) is 54.4 Å². The highest BCUT2D eigenvalue weighted by Crippen LogP contribution is 1.88. The molecule has 0 aromatic rings. The molecule has 0 heterocycles. The lowest BCUT2D eigenvalue weighted by Crippen LogP contribution is -2.14. The van der Waals surface area contributed by atoms with E-state index in [0.29, 0.717) is 6.42 Å². The summed E-state index contributed by atoms with van der Waals surface area (Å²) in [7, 11) is 0. The number of hydrogen-bond donors (Lipinski definition) is 1. The molecule has 0 radical (unpaired) electrons. The molecule has 0 aliphatic heterocycles. The van der Waals surface area contributed by atoms with Crippen LogP contribution in [0, 0.1) is 0 Å². The summed E-state index contributed by atoms with van der Waals surface area (Å²) >= 11 is 0. The van der Waals surface area contributed by atoms with Crippen LogP contribution in [0.25, 0.3) is 0 Å². The van der Waals surface area contributed by atoms with Gasteiger partial charge in [0.25, 0.3) is 0 Å². The summed E-state index contributed by atoms with van der Waals surface area (Å²) in [6.07, 6.45) is 1.50. The molecule has 1 atom stereocenters. The van der Waals surface area contributed by atoms with E-state index in [1.807, 2.05) is 6.92 Å². The van der Waals surface area contributed by atoms with Gasteiger partial charge in [0.2, 0.25) is 0 Å². The number of carbonyl (C=O) groups excluding carboxylic acids is 2. The summed E-state index contributed by atoms with van der Waals surface area (Å²) in [6, 6.07) is 0. The molecule has 0 saturated heterocycles. The van der Waals surface area contributed by atoms with Crippen LogP contribution in [-0.4, -0.2) is 22.8 Å². The Hall–Kier alpha value is -0.700. The number of rotatable bonds is 4. The second-order valence-electron chi connectivity index (χ2n) is 2.99. The lowest BCUT2D eigenvalue weighted by Gasteiger charge is -1.97. The van der Waals surface area contributed by atoms with Crippen LogP contribution < -0.4 is 0 Å². The standard InChI is InChI=1S/C5H10O2.C5H10O/c1-3-5(7)4(2)6;1-3-4-5(2)6/h5,7H,3H2,1-2H3;3-4H2,1-2H3. The Bertz CT molecular complexity index is 152. The first-order valence-corrected chi connectivity index (χ1v) is 4.63. The number of carbonyl (C=O) groups is 2. The third-order valence-corrected chi connectivity index (χ3v) is 1.46. The monoisotopic (exact) mass is 188 g/mol. The van der Waals surface area contributed by atoms with E-state index < -0.39 is 6.10 Å². The molecule has 0 spiro atoms. The Kier molecular flexibility index (Phi) is 10.7. The van der Waals surface area contributed by atoms with E-state index in [4.69, 9.17) is 5.11 Å². The third-order valence-electron chi connectivity index (χ3n) is 1.46. The zero-order valence-electron chi connectivity index (χ0n) is 8.96. The van der Waals surface area contributed by atoms with Crippen LogP contribution >= 0.6 is 0 Å². The molecular formula is C10H20O3. The molecule has 0 bridgehead atoms. The predicted octanol–water partition coefficient (Wildman–Crippen LogP) is 1.72. The SMILES string of the molecule is CCC(O)C(C)=O.CCCC(C)=O. The number of hydrogen-bond acceptors (Lipinski definition) is 3. The Labute approximate surface area is 80.1 Å². The predicted molar refractivity (Wildman–Crippen MR) is 52.6 cm³/mol. The summed E-state index contributed by atoms with van der Waals surface area (Å²) in [5.41, 5.74) is 0. The Morgan fingerprint density at radius 2 is 1.69 bits per heavy atom. The molecule has 0 amide bonds. The van der Waals surface area contributed by atoms with Gasteiger partial charge in [0, 0.05) is 6.42 Å². The van der Waals surface area contributed by atoms with Gasteiger partial charge >= 0.3 is 0 Å². The van der Waals surface area contributed by atoms with Gasteiger partial charge in [-0.2, -0.15) is 0 Å². The van der Waals surface area contributed by atoms with Crippen molar-refractivity contribution in [2.75, 3.05) is 0 Å². The van der Waals surface area contributed by atoms with Crippen molar-refractivity contribution >= 4 is 11.6 Å².